The maximum absolute atomic E-state index is 11.9. The van der Waals surface area contributed by atoms with Gasteiger partial charge in [-0.1, -0.05) is 20.8 Å². The molecule has 0 aliphatic carbocycles. The van der Waals surface area contributed by atoms with Crippen LogP contribution in [0.3, 0.4) is 0 Å². The van der Waals surface area contributed by atoms with Crippen molar-refractivity contribution in [1.29, 1.82) is 0 Å². The van der Waals surface area contributed by atoms with Crippen LogP contribution >= 0.6 is 0 Å². The highest BCUT2D eigenvalue weighted by Gasteiger charge is 2.22. The third-order valence-electron chi connectivity index (χ3n) is 3.12. The molecule has 0 aromatic carbocycles. The summed E-state index contributed by atoms with van der Waals surface area (Å²) in [5, 5.41) is 0. The molecule has 98 valence electrons. The largest absolute Gasteiger partial charge is 0.341 e. The van der Waals surface area contributed by atoms with E-state index < -0.39 is 0 Å². The average molecular weight is 240 g/mol. The van der Waals surface area contributed by atoms with Gasteiger partial charge in [0.15, 0.2) is 0 Å². The Labute approximate surface area is 104 Å². The fraction of sp³-hybridized carbons (Fsp3) is 0.846. The Morgan fingerprint density at radius 3 is 2.24 bits per heavy atom. The summed E-state index contributed by atoms with van der Waals surface area (Å²) >= 11 is 0. The average Bonchev–Trinajstić information content (AvgIpc) is 2.53. The summed E-state index contributed by atoms with van der Waals surface area (Å²) in [4.78, 5) is 27.5. The molecule has 1 heterocycles. The lowest BCUT2D eigenvalue weighted by atomic mass is 10.2. The van der Waals surface area contributed by atoms with E-state index in [0.29, 0.717) is 19.5 Å². The first kappa shape index (κ1) is 14.0. The summed E-state index contributed by atoms with van der Waals surface area (Å²) in [5.41, 5.74) is 0. The Hall–Kier alpha value is -1.06. The van der Waals surface area contributed by atoms with E-state index in [0.717, 1.165) is 25.9 Å². The summed E-state index contributed by atoms with van der Waals surface area (Å²) < 4.78 is 0. The highest BCUT2D eigenvalue weighted by molar-refractivity contribution is 5.79. The van der Waals surface area contributed by atoms with Crippen molar-refractivity contribution in [2.75, 3.05) is 26.2 Å². The summed E-state index contributed by atoms with van der Waals surface area (Å²) in [6, 6.07) is 0. The van der Waals surface area contributed by atoms with E-state index in [4.69, 9.17) is 0 Å². The smallest absolute Gasteiger partial charge is 0.225 e. The monoisotopic (exact) mass is 240 g/mol. The maximum Gasteiger partial charge on any atom is 0.225 e. The fourth-order valence-corrected chi connectivity index (χ4v) is 2.12. The third kappa shape index (κ3) is 4.02. The SMILES string of the molecule is CCCC(=O)N1CCCN(C(=O)C(C)C)CC1. The van der Waals surface area contributed by atoms with Crippen LogP contribution in [-0.2, 0) is 9.59 Å². The number of carbonyl (C=O) groups excluding carboxylic acids is 2. The minimum atomic E-state index is 0.0490. The zero-order chi connectivity index (χ0) is 12.8. The fourth-order valence-electron chi connectivity index (χ4n) is 2.12. The molecule has 0 unspecified atom stereocenters. The zero-order valence-electron chi connectivity index (χ0n) is 11.2. The van der Waals surface area contributed by atoms with Gasteiger partial charge < -0.3 is 9.80 Å². The molecule has 0 aromatic rings. The summed E-state index contributed by atoms with van der Waals surface area (Å²) in [6.07, 6.45) is 2.41. The summed E-state index contributed by atoms with van der Waals surface area (Å²) in [5.74, 6) is 0.481. The molecule has 0 atom stereocenters. The van der Waals surface area contributed by atoms with Gasteiger partial charge in [0.25, 0.3) is 0 Å². The van der Waals surface area contributed by atoms with Gasteiger partial charge in [-0.05, 0) is 12.8 Å². The third-order valence-corrected chi connectivity index (χ3v) is 3.12. The van der Waals surface area contributed by atoms with Crippen LogP contribution in [-0.4, -0.2) is 47.8 Å². The van der Waals surface area contributed by atoms with Crippen molar-refractivity contribution in [3.63, 3.8) is 0 Å². The molecule has 0 spiro atoms. The van der Waals surface area contributed by atoms with Crippen LogP contribution in [0.5, 0.6) is 0 Å². The standard InChI is InChI=1S/C13H24N2O2/c1-4-6-12(16)14-7-5-8-15(10-9-14)13(17)11(2)3/h11H,4-10H2,1-3H3. The van der Waals surface area contributed by atoms with Crippen LogP contribution < -0.4 is 0 Å². The molecule has 0 N–H and O–H groups in total. The molecule has 0 radical (unpaired) electrons. The van der Waals surface area contributed by atoms with Crippen LogP contribution in [0.2, 0.25) is 0 Å². The lowest BCUT2D eigenvalue weighted by Crippen LogP contribution is -2.38. The molecule has 0 aromatic heterocycles. The molecule has 17 heavy (non-hydrogen) atoms. The van der Waals surface area contributed by atoms with Crippen LogP contribution in [0, 0.1) is 5.92 Å². The molecule has 0 saturated carbocycles. The van der Waals surface area contributed by atoms with Crippen LogP contribution in [0.4, 0.5) is 0 Å². The molecule has 1 aliphatic heterocycles. The molecule has 2 amide bonds. The molecule has 1 saturated heterocycles. The molecule has 1 aliphatic rings. The van der Waals surface area contributed by atoms with Gasteiger partial charge in [-0.3, -0.25) is 9.59 Å². The van der Waals surface area contributed by atoms with Crippen molar-refractivity contribution in [1.82, 2.24) is 9.80 Å². The van der Waals surface area contributed by atoms with Crippen molar-refractivity contribution in [2.24, 2.45) is 5.92 Å². The van der Waals surface area contributed by atoms with E-state index in [-0.39, 0.29) is 17.7 Å². The van der Waals surface area contributed by atoms with Gasteiger partial charge in [0, 0.05) is 38.5 Å². The predicted molar refractivity (Wildman–Crippen MR) is 67.5 cm³/mol. The van der Waals surface area contributed by atoms with Crippen molar-refractivity contribution in [3.05, 3.63) is 0 Å². The first-order valence-electron chi connectivity index (χ1n) is 6.62. The Kier molecular flexibility index (Phi) is 5.45. The van der Waals surface area contributed by atoms with Gasteiger partial charge in [-0.2, -0.15) is 0 Å². The zero-order valence-corrected chi connectivity index (χ0v) is 11.2. The molecular weight excluding hydrogens is 216 g/mol. The van der Waals surface area contributed by atoms with E-state index >= 15 is 0 Å². The first-order valence-corrected chi connectivity index (χ1v) is 6.62. The van der Waals surface area contributed by atoms with Gasteiger partial charge in [0.05, 0.1) is 0 Å². The second kappa shape index (κ2) is 6.62. The minimum Gasteiger partial charge on any atom is -0.341 e. The number of amides is 2. The molecule has 4 heteroatoms. The Bertz CT molecular complexity index is 277. The van der Waals surface area contributed by atoms with Gasteiger partial charge in [-0.15, -0.1) is 0 Å². The Morgan fingerprint density at radius 1 is 1.06 bits per heavy atom. The number of hydrogen-bond donors (Lipinski definition) is 0. The highest BCUT2D eigenvalue weighted by Crippen LogP contribution is 2.09. The number of rotatable bonds is 3. The molecule has 0 bridgehead atoms. The second-order valence-corrected chi connectivity index (χ2v) is 4.96. The maximum atomic E-state index is 11.9. The quantitative estimate of drug-likeness (QED) is 0.750. The van der Waals surface area contributed by atoms with E-state index in [1.807, 2.05) is 30.6 Å². The lowest BCUT2D eigenvalue weighted by Gasteiger charge is -2.23. The Morgan fingerprint density at radius 2 is 1.65 bits per heavy atom. The van der Waals surface area contributed by atoms with Crippen molar-refractivity contribution >= 4 is 11.8 Å². The van der Waals surface area contributed by atoms with Crippen LogP contribution in [0.15, 0.2) is 0 Å². The normalized spacial score (nSPS) is 17.2. The van der Waals surface area contributed by atoms with Crippen LogP contribution in [0.1, 0.15) is 40.0 Å². The second-order valence-electron chi connectivity index (χ2n) is 4.96. The van der Waals surface area contributed by atoms with Gasteiger partial charge >= 0.3 is 0 Å². The van der Waals surface area contributed by atoms with Crippen molar-refractivity contribution in [3.8, 4) is 0 Å². The van der Waals surface area contributed by atoms with Gasteiger partial charge in [0.1, 0.15) is 0 Å². The predicted octanol–water partition coefficient (Wildman–Crippen LogP) is 1.50. The molecular formula is C13H24N2O2. The number of nitrogens with zero attached hydrogens (tertiary/aromatic N) is 2. The number of hydrogen-bond acceptors (Lipinski definition) is 2. The Balaban J connectivity index is 2.50. The van der Waals surface area contributed by atoms with E-state index in [9.17, 15) is 9.59 Å². The minimum absolute atomic E-state index is 0.0490. The molecule has 1 rings (SSSR count). The van der Waals surface area contributed by atoms with Gasteiger partial charge in [-0.25, -0.2) is 0 Å². The highest BCUT2D eigenvalue weighted by atomic mass is 16.2. The topological polar surface area (TPSA) is 40.6 Å². The van der Waals surface area contributed by atoms with Crippen molar-refractivity contribution < 1.29 is 9.59 Å². The lowest BCUT2D eigenvalue weighted by molar-refractivity contribution is -0.135. The summed E-state index contributed by atoms with van der Waals surface area (Å²) in [7, 11) is 0. The molecule has 4 nitrogen and oxygen atoms in total. The number of carbonyl (C=O) groups is 2. The van der Waals surface area contributed by atoms with E-state index in [1.54, 1.807) is 0 Å². The first-order chi connectivity index (χ1) is 8.06. The van der Waals surface area contributed by atoms with Crippen LogP contribution in [0.25, 0.3) is 0 Å². The molecule has 1 fully saturated rings. The van der Waals surface area contributed by atoms with Gasteiger partial charge in [0.2, 0.25) is 11.8 Å². The van der Waals surface area contributed by atoms with E-state index in [2.05, 4.69) is 0 Å². The summed E-state index contributed by atoms with van der Waals surface area (Å²) in [6.45, 7) is 8.82. The van der Waals surface area contributed by atoms with Crippen molar-refractivity contribution in [2.45, 2.75) is 40.0 Å². The van der Waals surface area contributed by atoms with E-state index in [1.165, 1.54) is 0 Å².